The Morgan fingerprint density at radius 3 is 2.31 bits per heavy atom. The lowest BCUT2D eigenvalue weighted by molar-refractivity contribution is 0.148. The predicted octanol–water partition coefficient (Wildman–Crippen LogP) is 3.23. The van der Waals surface area contributed by atoms with Crippen LogP contribution in [0.2, 0.25) is 0 Å². The van der Waals surface area contributed by atoms with Gasteiger partial charge in [-0.2, -0.15) is 0 Å². The first-order chi connectivity index (χ1) is 12.6. The molecule has 0 atom stereocenters. The molecule has 26 heavy (non-hydrogen) atoms. The zero-order chi connectivity index (χ0) is 18.4. The quantitative estimate of drug-likeness (QED) is 0.894. The molecule has 0 aromatic heterocycles. The van der Waals surface area contributed by atoms with Crippen LogP contribution in [0.1, 0.15) is 5.56 Å². The molecule has 2 aromatic carbocycles. The number of hydrogen-bond acceptors (Lipinski definition) is 3. The van der Waals surface area contributed by atoms with Gasteiger partial charge in [-0.05, 0) is 48.4 Å². The van der Waals surface area contributed by atoms with Crippen molar-refractivity contribution in [1.29, 1.82) is 0 Å². The minimum atomic E-state index is -0.203. The molecule has 0 bridgehead atoms. The van der Waals surface area contributed by atoms with Gasteiger partial charge in [0.1, 0.15) is 11.6 Å². The van der Waals surface area contributed by atoms with Gasteiger partial charge in [0.25, 0.3) is 0 Å². The van der Waals surface area contributed by atoms with Crippen molar-refractivity contribution in [3.8, 4) is 5.75 Å². The molecule has 2 aromatic rings. The average Bonchev–Trinajstić information content (AvgIpc) is 2.68. The van der Waals surface area contributed by atoms with Gasteiger partial charge in [0.05, 0.1) is 7.11 Å². The zero-order valence-corrected chi connectivity index (χ0v) is 15.0. The van der Waals surface area contributed by atoms with Crippen LogP contribution in [-0.2, 0) is 6.42 Å². The van der Waals surface area contributed by atoms with Crippen molar-refractivity contribution in [2.24, 2.45) is 0 Å². The van der Waals surface area contributed by atoms with E-state index in [-0.39, 0.29) is 11.8 Å². The van der Waals surface area contributed by atoms with Crippen LogP contribution in [0.3, 0.4) is 0 Å². The van der Waals surface area contributed by atoms with Crippen LogP contribution in [0.15, 0.2) is 48.5 Å². The fourth-order valence-electron chi connectivity index (χ4n) is 2.99. The number of halogens is 1. The maximum absolute atomic E-state index is 12.9. The van der Waals surface area contributed by atoms with Crippen molar-refractivity contribution in [3.05, 3.63) is 59.9 Å². The third-order valence-corrected chi connectivity index (χ3v) is 4.63. The fourth-order valence-corrected chi connectivity index (χ4v) is 2.99. The first-order valence-electron chi connectivity index (χ1n) is 8.81. The Morgan fingerprint density at radius 1 is 1.04 bits per heavy atom. The monoisotopic (exact) mass is 357 g/mol. The van der Waals surface area contributed by atoms with Crippen molar-refractivity contribution in [1.82, 2.24) is 9.80 Å². The van der Waals surface area contributed by atoms with E-state index in [2.05, 4.69) is 10.2 Å². The van der Waals surface area contributed by atoms with Crippen molar-refractivity contribution >= 4 is 11.7 Å². The van der Waals surface area contributed by atoms with Crippen LogP contribution in [0.4, 0.5) is 14.9 Å². The van der Waals surface area contributed by atoms with Gasteiger partial charge < -0.3 is 15.0 Å². The maximum Gasteiger partial charge on any atom is 0.321 e. The zero-order valence-electron chi connectivity index (χ0n) is 15.0. The third-order valence-electron chi connectivity index (χ3n) is 4.63. The summed E-state index contributed by atoms with van der Waals surface area (Å²) >= 11 is 0. The molecule has 6 heteroatoms. The summed E-state index contributed by atoms with van der Waals surface area (Å²) in [4.78, 5) is 16.5. The first-order valence-corrected chi connectivity index (χ1v) is 8.81. The number of methoxy groups -OCH3 is 1. The van der Waals surface area contributed by atoms with E-state index in [0.29, 0.717) is 13.1 Å². The number of amides is 2. The Kier molecular flexibility index (Phi) is 6.07. The summed E-state index contributed by atoms with van der Waals surface area (Å²) in [6.45, 7) is 4.00. The average molecular weight is 357 g/mol. The van der Waals surface area contributed by atoms with Gasteiger partial charge >= 0.3 is 6.03 Å². The first kappa shape index (κ1) is 18.2. The lowest BCUT2D eigenvalue weighted by Gasteiger charge is -2.34. The molecule has 1 saturated heterocycles. The highest BCUT2D eigenvalue weighted by Crippen LogP contribution is 2.16. The summed E-state index contributed by atoms with van der Waals surface area (Å²) in [7, 11) is 1.61. The van der Waals surface area contributed by atoms with Crippen LogP contribution in [0.5, 0.6) is 5.75 Å². The van der Waals surface area contributed by atoms with Crippen molar-refractivity contribution in [3.63, 3.8) is 0 Å². The Labute approximate surface area is 153 Å². The van der Waals surface area contributed by atoms with E-state index in [1.807, 2.05) is 41.3 Å². The number of carbonyl (C=O) groups is 1. The molecule has 138 valence electrons. The smallest absolute Gasteiger partial charge is 0.321 e. The second-order valence-corrected chi connectivity index (χ2v) is 6.36. The Morgan fingerprint density at radius 2 is 1.69 bits per heavy atom. The van der Waals surface area contributed by atoms with Gasteiger partial charge in [0.2, 0.25) is 0 Å². The fraction of sp³-hybridized carbons (Fsp3) is 0.350. The molecule has 0 unspecified atom stereocenters. The highest BCUT2D eigenvalue weighted by Gasteiger charge is 2.20. The topological polar surface area (TPSA) is 44.8 Å². The normalized spacial score (nSPS) is 14.9. The number of hydrogen-bond donors (Lipinski definition) is 1. The molecule has 2 amide bonds. The molecule has 1 aliphatic heterocycles. The van der Waals surface area contributed by atoms with Crippen molar-refractivity contribution in [2.75, 3.05) is 45.2 Å². The van der Waals surface area contributed by atoms with E-state index in [0.717, 1.165) is 43.1 Å². The van der Waals surface area contributed by atoms with E-state index in [9.17, 15) is 9.18 Å². The second kappa shape index (κ2) is 8.67. The van der Waals surface area contributed by atoms with E-state index >= 15 is 0 Å². The Balaban J connectivity index is 1.42. The van der Waals surface area contributed by atoms with Crippen molar-refractivity contribution < 1.29 is 13.9 Å². The molecule has 3 rings (SSSR count). The highest BCUT2D eigenvalue weighted by molar-refractivity contribution is 5.89. The number of anilines is 1. The Hall–Kier alpha value is -2.60. The number of ether oxygens (including phenoxy) is 1. The van der Waals surface area contributed by atoms with Gasteiger partial charge in [0, 0.05) is 38.4 Å². The molecule has 5 nitrogen and oxygen atoms in total. The number of urea groups is 1. The summed E-state index contributed by atoms with van der Waals surface area (Å²) in [5, 5.41) is 2.92. The summed E-state index contributed by atoms with van der Waals surface area (Å²) in [5.41, 5.74) is 1.89. The van der Waals surface area contributed by atoms with Crippen LogP contribution in [0.25, 0.3) is 0 Å². The third kappa shape index (κ3) is 4.95. The SMILES string of the molecule is COc1ccc(NC(=O)N2CCN(CCc3ccc(F)cc3)CC2)cc1. The van der Waals surface area contributed by atoms with E-state index < -0.39 is 0 Å². The number of carbonyl (C=O) groups excluding carboxylic acids is 1. The molecule has 0 spiro atoms. The number of nitrogens with one attached hydrogen (secondary N) is 1. The van der Waals surface area contributed by atoms with Crippen LogP contribution in [-0.4, -0.2) is 55.7 Å². The predicted molar refractivity (Wildman–Crippen MR) is 100 cm³/mol. The summed E-state index contributed by atoms with van der Waals surface area (Å²) in [6, 6.07) is 13.9. The van der Waals surface area contributed by atoms with E-state index in [4.69, 9.17) is 4.74 Å². The molecule has 1 fully saturated rings. The number of benzene rings is 2. The molecule has 1 heterocycles. The summed E-state index contributed by atoms with van der Waals surface area (Å²) in [5.74, 6) is 0.558. The van der Waals surface area contributed by atoms with E-state index in [1.165, 1.54) is 12.1 Å². The minimum Gasteiger partial charge on any atom is -0.497 e. The van der Waals surface area contributed by atoms with Crippen molar-refractivity contribution in [2.45, 2.75) is 6.42 Å². The van der Waals surface area contributed by atoms with Crippen LogP contribution in [0, 0.1) is 5.82 Å². The van der Waals surface area contributed by atoms with Gasteiger partial charge in [-0.1, -0.05) is 12.1 Å². The van der Waals surface area contributed by atoms with E-state index in [1.54, 1.807) is 7.11 Å². The van der Waals surface area contributed by atoms with Gasteiger partial charge in [-0.3, -0.25) is 4.90 Å². The molecule has 1 N–H and O–H groups in total. The number of rotatable bonds is 5. The standard InChI is InChI=1S/C20H24FN3O2/c1-26-19-8-6-18(7-9-19)22-20(25)24-14-12-23(13-15-24)11-10-16-2-4-17(21)5-3-16/h2-9H,10-15H2,1H3,(H,22,25). The summed E-state index contributed by atoms with van der Waals surface area (Å²) < 4.78 is 18.1. The maximum atomic E-state index is 12.9. The second-order valence-electron chi connectivity index (χ2n) is 6.36. The van der Waals surface area contributed by atoms with Crippen LogP contribution >= 0.6 is 0 Å². The lowest BCUT2D eigenvalue weighted by atomic mass is 10.1. The molecule has 1 aliphatic rings. The molecular formula is C20H24FN3O2. The lowest BCUT2D eigenvalue weighted by Crippen LogP contribution is -2.50. The largest absolute Gasteiger partial charge is 0.497 e. The molecule has 0 aliphatic carbocycles. The minimum absolute atomic E-state index is 0.0756. The number of piperazine rings is 1. The Bertz CT molecular complexity index is 711. The molecular weight excluding hydrogens is 333 g/mol. The molecule has 0 saturated carbocycles. The number of nitrogens with zero attached hydrogens (tertiary/aromatic N) is 2. The highest BCUT2D eigenvalue weighted by atomic mass is 19.1. The molecule has 0 radical (unpaired) electrons. The summed E-state index contributed by atoms with van der Waals surface area (Å²) in [6.07, 6.45) is 0.887. The van der Waals surface area contributed by atoms with Gasteiger partial charge in [-0.25, -0.2) is 9.18 Å². The van der Waals surface area contributed by atoms with Gasteiger partial charge in [0.15, 0.2) is 0 Å². The van der Waals surface area contributed by atoms with Crippen LogP contribution < -0.4 is 10.1 Å². The van der Waals surface area contributed by atoms with Gasteiger partial charge in [-0.15, -0.1) is 0 Å².